The minimum absolute atomic E-state index is 0.528. The Balaban J connectivity index is 2.76. The topological polar surface area (TPSA) is 132 Å². The van der Waals surface area contributed by atoms with Gasteiger partial charge in [0.05, 0.1) is 12.8 Å². The van der Waals surface area contributed by atoms with Gasteiger partial charge in [-0.05, 0) is 13.8 Å². The van der Waals surface area contributed by atoms with Gasteiger partial charge >= 0.3 is 0 Å². The second-order valence-electron chi connectivity index (χ2n) is 4.66. The highest BCUT2D eigenvalue weighted by Gasteiger charge is 2.45. The Bertz CT molecular complexity index is 294. The number of hydrogen-bond donors (Lipinski definition) is 5. The Morgan fingerprint density at radius 1 is 1.22 bits per heavy atom. The van der Waals surface area contributed by atoms with Crippen LogP contribution in [-0.2, 0) is 9.47 Å². The molecule has 0 saturated carbocycles. The van der Waals surface area contributed by atoms with Crippen LogP contribution in [0, 0.1) is 0 Å². The van der Waals surface area contributed by atoms with Crippen LogP contribution in [0.25, 0.3) is 0 Å². The molecule has 0 aromatic rings. The molecule has 0 aromatic carbocycles. The van der Waals surface area contributed by atoms with Crippen molar-refractivity contribution < 1.29 is 35.1 Å². The van der Waals surface area contributed by atoms with E-state index in [1.165, 1.54) is 0 Å². The van der Waals surface area contributed by atoms with Crippen molar-refractivity contribution >= 4 is 6.21 Å². The SMILES string of the molecule is CC(C)(C=NO)OC1O[C@H](CO)[C@@H](O)[C@H](O)[C@H]1O. The first-order valence-electron chi connectivity index (χ1n) is 5.49. The van der Waals surface area contributed by atoms with Crippen molar-refractivity contribution in [3.63, 3.8) is 0 Å². The van der Waals surface area contributed by atoms with E-state index in [4.69, 9.17) is 19.8 Å². The third kappa shape index (κ3) is 3.37. The van der Waals surface area contributed by atoms with Crippen molar-refractivity contribution in [2.45, 2.75) is 50.2 Å². The maximum Gasteiger partial charge on any atom is 0.187 e. The molecule has 0 aromatic heterocycles. The molecule has 0 amide bonds. The molecule has 1 heterocycles. The number of aliphatic hydroxyl groups excluding tert-OH is 4. The minimum Gasteiger partial charge on any atom is -0.411 e. The number of oxime groups is 1. The van der Waals surface area contributed by atoms with Crippen LogP contribution in [0.5, 0.6) is 0 Å². The van der Waals surface area contributed by atoms with Crippen LogP contribution in [0.2, 0.25) is 0 Å². The molecule has 0 spiro atoms. The smallest absolute Gasteiger partial charge is 0.187 e. The van der Waals surface area contributed by atoms with Gasteiger partial charge in [-0.3, -0.25) is 0 Å². The predicted molar refractivity (Wildman–Crippen MR) is 59.2 cm³/mol. The highest BCUT2D eigenvalue weighted by molar-refractivity contribution is 5.66. The summed E-state index contributed by atoms with van der Waals surface area (Å²) < 4.78 is 10.5. The third-order valence-corrected chi connectivity index (χ3v) is 2.64. The van der Waals surface area contributed by atoms with Gasteiger partial charge in [-0.25, -0.2) is 0 Å². The fraction of sp³-hybridized carbons (Fsp3) is 0.900. The van der Waals surface area contributed by atoms with Crippen molar-refractivity contribution in [1.82, 2.24) is 0 Å². The second-order valence-corrected chi connectivity index (χ2v) is 4.66. The standard InChI is InChI=1S/C10H19NO7/c1-10(2,4-11-16)18-9-8(15)7(14)6(13)5(3-12)17-9/h4-9,12-16H,3H2,1-2H3/t5-,6-,7+,8-,9?/m1/s1. The van der Waals surface area contributed by atoms with Gasteiger partial charge in [0, 0.05) is 0 Å². The maximum absolute atomic E-state index is 9.70. The molecule has 0 radical (unpaired) electrons. The Hall–Kier alpha value is -0.770. The molecule has 1 saturated heterocycles. The summed E-state index contributed by atoms with van der Waals surface area (Å²) in [6.07, 6.45) is -5.62. The molecule has 8 nitrogen and oxygen atoms in total. The molecule has 0 bridgehead atoms. The fourth-order valence-electron chi connectivity index (χ4n) is 1.63. The number of hydrogen-bond acceptors (Lipinski definition) is 8. The molecule has 18 heavy (non-hydrogen) atoms. The van der Waals surface area contributed by atoms with Crippen LogP contribution in [0.15, 0.2) is 5.16 Å². The quantitative estimate of drug-likeness (QED) is 0.226. The van der Waals surface area contributed by atoms with Crippen LogP contribution in [0.1, 0.15) is 13.8 Å². The van der Waals surface area contributed by atoms with Crippen LogP contribution in [-0.4, -0.2) is 74.8 Å². The molecule has 1 aliphatic heterocycles. The molecule has 1 unspecified atom stereocenters. The Morgan fingerprint density at radius 2 is 1.83 bits per heavy atom. The lowest BCUT2D eigenvalue weighted by atomic mass is 9.99. The van der Waals surface area contributed by atoms with Gasteiger partial charge < -0.3 is 35.1 Å². The van der Waals surface area contributed by atoms with E-state index in [1.807, 2.05) is 0 Å². The van der Waals surface area contributed by atoms with Gasteiger partial charge in [-0.2, -0.15) is 0 Å². The molecule has 5 atom stereocenters. The van der Waals surface area contributed by atoms with Crippen LogP contribution in [0.3, 0.4) is 0 Å². The van der Waals surface area contributed by atoms with Crippen LogP contribution >= 0.6 is 0 Å². The van der Waals surface area contributed by atoms with E-state index in [-0.39, 0.29) is 0 Å². The van der Waals surface area contributed by atoms with E-state index in [9.17, 15) is 15.3 Å². The van der Waals surface area contributed by atoms with E-state index in [2.05, 4.69) is 5.16 Å². The minimum atomic E-state index is -1.50. The zero-order valence-electron chi connectivity index (χ0n) is 10.2. The summed E-state index contributed by atoms with van der Waals surface area (Å²) in [5, 5.41) is 49.1. The molecule has 5 N–H and O–H groups in total. The Morgan fingerprint density at radius 3 is 2.33 bits per heavy atom. The summed E-state index contributed by atoms with van der Waals surface area (Å²) in [5.41, 5.74) is -1.05. The summed E-state index contributed by atoms with van der Waals surface area (Å²) in [6, 6.07) is 0. The van der Waals surface area contributed by atoms with E-state index in [0.29, 0.717) is 0 Å². The van der Waals surface area contributed by atoms with Crippen molar-refractivity contribution in [3.05, 3.63) is 0 Å². The number of rotatable bonds is 4. The predicted octanol–water partition coefficient (Wildman–Crippen LogP) is -1.96. The summed E-state index contributed by atoms with van der Waals surface area (Å²) in [7, 11) is 0. The highest BCUT2D eigenvalue weighted by atomic mass is 16.7. The molecule has 106 valence electrons. The van der Waals surface area contributed by atoms with E-state index >= 15 is 0 Å². The lowest BCUT2D eigenvalue weighted by Gasteiger charge is -2.41. The zero-order chi connectivity index (χ0) is 13.9. The number of ether oxygens (including phenoxy) is 2. The fourth-order valence-corrected chi connectivity index (χ4v) is 1.63. The van der Waals surface area contributed by atoms with Crippen molar-refractivity contribution in [1.29, 1.82) is 0 Å². The lowest BCUT2D eigenvalue weighted by Crippen LogP contribution is -2.60. The van der Waals surface area contributed by atoms with Gasteiger partial charge in [0.15, 0.2) is 6.29 Å². The van der Waals surface area contributed by atoms with Crippen molar-refractivity contribution in [2.75, 3.05) is 6.61 Å². The monoisotopic (exact) mass is 265 g/mol. The first kappa shape index (κ1) is 15.3. The molecular formula is C10H19NO7. The Kier molecular flexibility index (Phi) is 5.02. The summed E-state index contributed by atoms with van der Waals surface area (Å²) in [6.45, 7) is 2.57. The zero-order valence-corrected chi connectivity index (χ0v) is 10.2. The molecule has 0 aliphatic carbocycles. The summed E-state index contributed by atoms with van der Waals surface area (Å²) >= 11 is 0. The first-order valence-corrected chi connectivity index (χ1v) is 5.49. The maximum atomic E-state index is 9.70. The van der Waals surface area contributed by atoms with Gasteiger partial charge in [-0.1, -0.05) is 5.16 Å². The second kappa shape index (κ2) is 5.91. The largest absolute Gasteiger partial charge is 0.411 e. The van der Waals surface area contributed by atoms with Crippen molar-refractivity contribution in [3.8, 4) is 0 Å². The molecule has 1 rings (SSSR count). The molecule has 1 fully saturated rings. The normalized spacial score (nSPS) is 38.2. The van der Waals surface area contributed by atoms with Gasteiger partial charge in [0.2, 0.25) is 0 Å². The highest BCUT2D eigenvalue weighted by Crippen LogP contribution is 2.25. The van der Waals surface area contributed by atoms with Crippen LogP contribution < -0.4 is 0 Å². The van der Waals surface area contributed by atoms with Crippen LogP contribution in [0.4, 0.5) is 0 Å². The van der Waals surface area contributed by atoms with Gasteiger partial charge in [0.1, 0.15) is 30.0 Å². The van der Waals surface area contributed by atoms with E-state index < -0.39 is 42.9 Å². The molecule has 1 aliphatic rings. The third-order valence-electron chi connectivity index (χ3n) is 2.64. The van der Waals surface area contributed by atoms with Crippen molar-refractivity contribution in [2.24, 2.45) is 5.16 Å². The first-order chi connectivity index (χ1) is 8.32. The summed E-state index contributed by atoms with van der Waals surface area (Å²) in [5.74, 6) is 0. The lowest BCUT2D eigenvalue weighted by molar-refractivity contribution is -0.314. The number of aliphatic hydroxyl groups is 4. The number of nitrogens with zero attached hydrogens (tertiary/aromatic N) is 1. The average molecular weight is 265 g/mol. The summed E-state index contributed by atoms with van der Waals surface area (Å²) in [4.78, 5) is 0. The van der Waals surface area contributed by atoms with E-state index in [1.54, 1.807) is 13.8 Å². The van der Waals surface area contributed by atoms with E-state index in [0.717, 1.165) is 6.21 Å². The Labute approximate surface area is 104 Å². The molecule has 8 heteroatoms. The molecular weight excluding hydrogens is 246 g/mol. The van der Waals surface area contributed by atoms with Gasteiger partial charge in [-0.15, -0.1) is 0 Å². The van der Waals surface area contributed by atoms with Gasteiger partial charge in [0.25, 0.3) is 0 Å². The average Bonchev–Trinajstić information content (AvgIpc) is 2.29.